The third-order valence-corrected chi connectivity index (χ3v) is 5.78. The summed E-state index contributed by atoms with van der Waals surface area (Å²) in [6, 6.07) is 8.46. The van der Waals surface area contributed by atoms with Crippen LogP contribution in [0.5, 0.6) is 0 Å². The van der Waals surface area contributed by atoms with E-state index in [4.69, 9.17) is 4.42 Å². The van der Waals surface area contributed by atoms with Crippen molar-refractivity contribution in [3.63, 3.8) is 0 Å². The number of aliphatic imine (C=N–C) groups is 1. The lowest BCUT2D eigenvalue weighted by Gasteiger charge is -2.17. The smallest absolute Gasteiger partial charge is 0.169 e. The number of nitrogens with zero attached hydrogens (tertiary/aromatic N) is 2. The first-order valence-electron chi connectivity index (χ1n) is 6.55. The van der Waals surface area contributed by atoms with Crippen LogP contribution in [0.4, 0.5) is 0 Å². The summed E-state index contributed by atoms with van der Waals surface area (Å²) in [4.78, 5) is 6.90. The summed E-state index contributed by atoms with van der Waals surface area (Å²) in [5.74, 6) is 0.958. The number of benzene rings is 1. The van der Waals surface area contributed by atoms with Gasteiger partial charge in [-0.2, -0.15) is 0 Å². The van der Waals surface area contributed by atoms with Crippen molar-refractivity contribution in [2.75, 3.05) is 19.3 Å². The number of thioether (sulfide) groups is 2. The molecule has 0 spiro atoms. The van der Waals surface area contributed by atoms with Crippen LogP contribution in [0, 0.1) is 6.92 Å². The molecule has 0 radical (unpaired) electrons. The Hall–Kier alpha value is -1.33. The SMILES string of the molecule is CSC1=C(c2cccc3cc(C)oc23)N2CCN=C2S1. The van der Waals surface area contributed by atoms with E-state index in [9.17, 15) is 0 Å². The quantitative estimate of drug-likeness (QED) is 0.833. The van der Waals surface area contributed by atoms with Crippen molar-refractivity contribution in [1.29, 1.82) is 0 Å². The van der Waals surface area contributed by atoms with Gasteiger partial charge in [-0.05, 0) is 37.1 Å². The highest BCUT2D eigenvalue weighted by Crippen LogP contribution is 2.47. The zero-order valence-electron chi connectivity index (χ0n) is 11.3. The fourth-order valence-corrected chi connectivity index (χ4v) is 4.64. The molecule has 0 fully saturated rings. The molecule has 0 saturated carbocycles. The van der Waals surface area contributed by atoms with Crippen LogP contribution in [-0.2, 0) is 0 Å². The van der Waals surface area contributed by atoms with Crippen LogP contribution in [0.3, 0.4) is 0 Å². The third-order valence-electron chi connectivity index (χ3n) is 3.56. The minimum Gasteiger partial charge on any atom is -0.461 e. The van der Waals surface area contributed by atoms with Gasteiger partial charge >= 0.3 is 0 Å². The molecule has 0 bridgehead atoms. The Balaban J connectivity index is 1.95. The Morgan fingerprint density at radius 3 is 3.15 bits per heavy atom. The minimum atomic E-state index is 0.890. The van der Waals surface area contributed by atoms with Crippen molar-refractivity contribution in [2.45, 2.75) is 6.92 Å². The van der Waals surface area contributed by atoms with Gasteiger partial charge in [0.2, 0.25) is 0 Å². The number of aryl methyl sites for hydroxylation is 1. The van der Waals surface area contributed by atoms with E-state index in [2.05, 4.69) is 40.4 Å². The van der Waals surface area contributed by atoms with Crippen LogP contribution >= 0.6 is 23.5 Å². The highest BCUT2D eigenvalue weighted by molar-refractivity contribution is 8.30. The summed E-state index contributed by atoms with van der Waals surface area (Å²) in [7, 11) is 0. The molecule has 2 aromatic rings. The second-order valence-corrected chi connectivity index (χ2v) is 6.89. The minimum absolute atomic E-state index is 0.890. The van der Waals surface area contributed by atoms with Crippen LogP contribution in [0.1, 0.15) is 11.3 Å². The number of fused-ring (bicyclic) bond motifs is 2. The van der Waals surface area contributed by atoms with E-state index in [1.165, 1.54) is 20.9 Å². The molecule has 0 saturated heterocycles. The number of para-hydroxylation sites is 1. The first kappa shape index (κ1) is 12.4. The molecule has 102 valence electrons. The normalized spacial score (nSPS) is 18.1. The van der Waals surface area contributed by atoms with Crippen molar-refractivity contribution in [3.05, 3.63) is 39.8 Å². The highest BCUT2D eigenvalue weighted by atomic mass is 32.2. The topological polar surface area (TPSA) is 28.7 Å². The van der Waals surface area contributed by atoms with Gasteiger partial charge in [0, 0.05) is 17.5 Å². The molecule has 20 heavy (non-hydrogen) atoms. The Bertz CT molecular complexity index is 760. The largest absolute Gasteiger partial charge is 0.461 e. The van der Waals surface area contributed by atoms with Crippen molar-refractivity contribution in [1.82, 2.24) is 4.90 Å². The van der Waals surface area contributed by atoms with Gasteiger partial charge in [-0.1, -0.05) is 12.1 Å². The monoisotopic (exact) mass is 302 g/mol. The molecule has 5 heteroatoms. The lowest BCUT2D eigenvalue weighted by atomic mass is 10.1. The fraction of sp³-hybridized carbons (Fsp3) is 0.267. The third kappa shape index (κ3) is 1.73. The molecule has 2 aliphatic rings. The predicted molar refractivity (Wildman–Crippen MR) is 88.0 cm³/mol. The molecule has 0 N–H and O–H groups in total. The molecule has 0 unspecified atom stereocenters. The Labute approximate surface area is 126 Å². The molecule has 2 aliphatic heterocycles. The lowest BCUT2D eigenvalue weighted by molar-refractivity contribution is 0.574. The number of amidine groups is 1. The second kappa shape index (κ2) is 4.60. The van der Waals surface area contributed by atoms with Gasteiger partial charge < -0.3 is 9.32 Å². The van der Waals surface area contributed by atoms with E-state index in [0.29, 0.717) is 0 Å². The summed E-state index contributed by atoms with van der Waals surface area (Å²) in [5, 5.41) is 2.30. The van der Waals surface area contributed by atoms with E-state index in [1.54, 1.807) is 23.5 Å². The van der Waals surface area contributed by atoms with Crippen LogP contribution in [0.25, 0.3) is 16.7 Å². The average Bonchev–Trinajstić information content (AvgIpc) is 3.09. The standard InChI is InChI=1S/C15H14N2OS2/c1-9-8-10-4-3-5-11(13(10)18-9)12-14(19-2)20-15-16-6-7-17(12)15/h3-5,8H,6-7H2,1-2H3. The summed E-state index contributed by atoms with van der Waals surface area (Å²) < 4.78 is 7.24. The Morgan fingerprint density at radius 1 is 1.40 bits per heavy atom. The summed E-state index contributed by atoms with van der Waals surface area (Å²) >= 11 is 3.56. The number of rotatable bonds is 2. The van der Waals surface area contributed by atoms with Crippen LogP contribution in [0.15, 0.2) is 37.9 Å². The van der Waals surface area contributed by atoms with Crippen molar-refractivity contribution in [3.8, 4) is 0 Å². The van der Waals surface area contributed by atoms with Crippen molar-refractivity contribution < 1.29 is 4.42 Å². The van der Waals surface area contributed by atoms with Crippen LogP contribution < -0.4 is 0 Å². The van der Waals surface area contributed by atoms with E-state index >= 15 is 0 Å². The number of hydrogen-bond donors (Lipinski definition) is 0. The highest BCUT2D eigenvalue weighted by Gasteiger charge is 2.33. The average molecular weight is 302 g/mol. The maximum atomic E-state index is 5.93. The van der Waals surface area contributed by atoms with Gasteiger partial charge in [-0.25, -0.2) is 0 Å². The summed E-state index contributed by atoms with van der Waals surface area (Å²) in [5.41, 5.74) is 3.43. The number of hydrogen-bond acceptors (Lipinski definition) is 5. The molecule has 1 aromatic carbocycles. The molecular formula is C15H14N2OS2. The first-order valence-corrected chi connectivity index (χ1v) is 8.59. The Kier molecular flexibility index (Phi) is 2.86. The van der Waals surface area contributed by atoms with E-state index in [1.807, 2.05) is 6.92 Å². The molecule has 1 aromatic heterocycles. The molecule has 0 atom stereocenters. The van der Waals surface area contributed by atoms with Gasteiger partial charge in [0.1, 0.15) is 11.3 Å². The Morgan fingerprint density at radius 2 is 2.30 bits per heavy atom. The maximum Gasteiger partial charge on any atom is 0.169 e. The summed E-state index contributed by atoms with van der Waals surface area (Å²) in [6.07, 6.45) is 2.12. The van der Waals surface area contributed by atoms with Crippen LogP contribution in [0.2, 0.25) is 0 Å². The van der Waals surface area contributed by atoms with Gasteiger partial charge in [-0.15, -0.1) is 11.8 Å². The van der Waals surface area contributed by atoms with E-state index in [0.717, 1.165) is 29.6 Å². The first-order chi connectivity index (χ1) is 9.78. The van der Waals surface area contributed by atoms with Crippen LogP contribution in [-0.4, -0.2) is 29.4 Å². The van der Waals surface area contributed by atoms with Gasteiger partial charge in [0.05, 0.1) is 16.5 Å². The van der Waals surface area contributed by atoms with Gasteiger partial charge in [-0.3, -0.25) is 4.99 Å². The molecule has 4 rings (SSSR count). The molecule has 0 aliphatic carbocycles. The van der Waals surface area contributed by atoms with Crippen molar-refractivity contribution in [2.24, 2.45) is 4.99 Å². The van der Waals surface area contributed by atoms with E-state index in [-0.39, 0.29) is 0 Å². The number of furan rings is 1. The zero-order valence-corrected chi connectivity index (χ0v) is 13.0. The second-order valence-electron chi connectivity index (χ2n) is 4.84. The lowest BCUT2D eigenvalue weighted by Crippen LogP contribution is -2.20. The van der Waals surface area contributed by atoms with Crippen molar-refractivity contribution >= 4 is 45.4 Å². The van der Waals surface area contributed by atoms with Gasteiger partial charge in [0.15, 0.2) is 5.17 Å². The molecule has 3 heterocycles. The molecule has 0 amide bonds. The summed E-state index contributed by atoms with van der Waals surface area (Å²) in [6.45, 7) is 3.86. The van der Waals surface area contributed by atoms with E-state index < -0.39 is 0 Å². The molecule has 3 nitrogen and oxygen atoms in total. The predicted octanol–water partition coefficient (Wildman–Crippen LogP) is 4.15. The maximum absolute atomic E-state index is 5.93. The van der Waals surface area contributed by atoms with Gasteiger partial charge in [0.25, 0.3) is 0 Å². The fourth-order valence-electron chi connectivity index (χ4n) is 2.73. The molecular weight excluding hydrogens is 288 g/mol. The zero-order chi connectivity index (χ0) is 13.7.